The third-order valence-corrected chi connectivity index (χ3v) is 3.98. The number of hydrogen-bond acceptors (Lipinski definition) is 2. The molecular formula is C18H11F3N2O. The summed E-state index contributed by atoms with van der Waals surface area (Å²) in [5.41, 5.74) is 0.221. The van der Waals surface area contributed by atoms with Crippen LogP contribution >= 0.6 is 0 Å². The quantitative estimate of drug-likeness (QED) is 0.539. The molecule has 0 radical (unpaired) electrons. The summed E-state index contributed by atoms with van der Waals surface area (Å²) in [5.74, 6) is -0.101. The number of alkyl halides is 3. The Morgan fingerprint density at radius 2 is 1.54 bits per heavy atom. The second-order valence-corrected chi connectivity index (χ2v) is 5.46. The van der Waals surface area contributed by atoms with Gasteiger partial charge >= 0.3 is 6.18 Å². The molecule has 0 aliphatic heterocycles. The summed E-state index contributed by atoms with van der Waals surface area (Å²) in [6, 6.07) is 15.7. The zero-order valence-electron chi connectivity index (χ0n) is 12.2. The van der Waals surface area contributed by atoms with Crippen molar-refractivity contribution in [2.75, 3.05) is 0 Å². The molecule has 3 aromatic carbocycles. The molecule has 0 fully saturated rings. The molecule has 1 aromatic heterocycles. The van der Waals surface area contributed by atoms with Crippen LogP contribution in [0.15, 0.2) is 60.7 Å². The van der Waals surface area contributed by atoms with Gasteiger partial charge in [0.2, 0.25) is 5.88 Å². The van der Waals surface area contributed by atoms with Crippen LogP contribution < -0.4 is 0 Å². The van der Waals surface area contributed by atoms with Crippen molar-refractivity contribution in [2.45, 2.75) is 6.18 Å². The molecule has 0 atom stereocenters. The fourth-order valence-electron chi connectivity index (χ4n) is 2.78. The van der Waals surface area contributed by atoms with E-state index in [1.54, 1.807) is 6.07 Å². The average Bonchev–Trinajstić information content (AvgIpc) is 2.92. The SMILES string of the molecule is Oc1c2ccc3ccccc3c2nn1-c1ccc(C(F)(F)F)cc1. The van der Waals surface area contributed by atoms with Gasteiger partial charge in [-0.05, 0) is 35.7 Å². The fourth-order valence-corrected chi connectivity index (χ4v) is 2.78. The van der Waals surface area contributed by atoms with Gasteiger partial charge in [-0.1, -0.05) is 30.3 Å². The van der Waals surface area contributed by atoms with Crippen LogP contribution in [-0.2, 0) is 6.18 Å². The Balaban J connectivity index is 1.91. The van der Waals surface area contributed by atoms with Crippen LogP contribution in [-0.4, -0.2) is 14.9 Å². The van der Waals surface area contributed by atoms with E-state index in [1.807, 2.05) is 30.3 Å². The standard InChI is InChI=1S/C18H11F3N2O/c19-18(20,21)12-6-8-13(9-7-12)23-17(24)15-10-5-11-3-1-2-4-14(11)16(15)22-23/h1-10,24H. The third-order valence-electron chi connectivity index (χ3n) is 3.98. The van der Waals surface area contributed by atoms with Crippen molar-refractivity contribution < 1.29 is 18.3 Å². The Morgan fingerprint density at radius 3 is 2.25 bits per heavy atom. The lowest BCUT2D eigenvalue weighted by Crippen LogP contribution is -2.05. The minimum absolute atomic E-state index is 0.101. The number of aromatic nitrogens is 2. The molecule has 1 N–H and O–H groups in total. The Hall–Kier alpha value is -3.02. The van der Waals surface area contributed by atoms with E-state index in [2.05, 4.69) is 5.10 Å². The summed E-state index contributed by atoms with van der Waals surface area (Å²) in [5, 5.41) is 17.2. The number of nitrogens with zero attached hydrogens (tertiary/aromatic N) is 2. The molecule has 6 heteroatoms. The van der Waals surface area contributed by atoms with E-state index in [9.17, 15) is 18.3 Å². The second kappa shape index (κ2) is 4.99. The summed E-state index contributed by atoms with van der Waals surface area (Å²) in [4.78, 5) is 0. The predicted molar refractivity (Wildman–Crippen MR) is 85.2 cm³/mol. The second-order valence-electron chi connectivity index (χ2n) is 5.46. The van der Waals surface area contributed by atoms with Crippen molar-refractivity contribution in [1.29, 1.82) is 0 Å². The van der Waals surface area contributed by atoms with Crippen molar-refractivity contribution in [3.05, 3.63) is 66.2 Å². The predicted octanol–water partition coefficient (Wildman–Crippen LogP) is 4.90. The lowest BCUT2D eigenvalue weighted by Gasteiger charge is -2.08. The maximum Gasteiger partial charge on any atom is 0.416 e. The Kier molecular flexibility index (Phi) is 3.03. The van der Waals surface area contributed by atoms with Gasteiger partial charge in [0, 0.05) is 5.39 Å². The molecular weight excluding hydrogens is 317 g/mol. The molecule has 120 valence electrons. The highest BCUT2D eigenvalue weighted by atomic mass is 19.4. The van der Waals surface area contributed by atoms with Gasteiger partial charge in [-0.25, -0.2) is 4.68 Å². The molecule has 0 saturated heterocycles. The molecule has 4 aromatic rings. The van der Waals surface area contributed by atoms with Gasteiger partial charge < -0.3 is 5.11 Å². The molecule has 4 rings (SSSR count). The van der Waals surface area contributed by atoms with Crippen molar-refractivity contribution in [3.8, 4) is 11.6 Å². The van der Waals surface area contributed by atoms with Gasteiger partial charge in [-0.15, -0.1) is 0 Å². The third kappa shape index (κ3) is 2.19. The average molecular weight is 328 g/mol. The van der Waals surface area contributed by atoms with E-state index in [0.717, 1.165) is 22.9 Å². The van der Waals surface area contributed by atoms with E-state index in [4.69, 9.17) is 0 Å². The zero-order chi connectivity index (χ0) is 16.9. The minimum Gasteiger partial charge on any atom is -0.493 e. The van der Waals surface area contributed by atoms with Crippen LogP contribution in [0.5, 0.6) is 5.88 Å². The summed E-state index contributed by atoms with van der Waals surface area (Å²) in [7, 11) is 0. The van der Waals surface area contributed by atoms with Crippen LogP contribution in [0.1, 0.15) is 5.56 Å². The van der Waals surface area contributed by atoms with Gasteiger partial charge in [0.25, 0.3) is 0 Å². The zero-order valence-corrected chi connectivity index (χ0v) is 12.2. The first-order chi connectivity index (χ1) is 11.4. The summed E-state index contributed by atoms with van der Waals surface area (Å²) in [6.45, 7) is 0. The van der Waals surface area contributed by atoms with E-state index < -0.39 is 11.7 Å². The van der Waals surface area contributed by atoms with E-state index in [-0.39, 0.29) is 5.88 Å². The van der Waals surface area contributed by atoms with Crippen LogP contribution in [0.3, 0.4) is 0 Å². The summed E-state index contributed by atoms with van der Waals surface area (Å²) >= 11 is 0. The van der Waals surface area contributed by atoms with Gasteiger partial charge in [-0.2, -0.15) is 18.3 Å². The summed E-state index contributed by atoms with van der Waals surface area (Å²) in [6.07, 6.45) is -4.40. The van der Waals surface area contributed by atoms with Crippen molar-refractivity contribution in [1.82, 2.24) is 9.78 Å². The van der Waals surface area contributed by atoms with Gasteiger partial charge in [0.15, 0.2) is 0 Å². The van der Waals surface area contributed by atoms with E-state index in [0.29, 0.717) is 16.6 Å². The number of rotatable bonds is 1. The molecule has 0 aliphatic rings. The van der Waals surface area contributed by atoms with Crippen LogP contribution in [0, 0.1) is 0 Å². The number of halogens is 3. The maximum atomic E-state index is 12.7. The minimum atomic E-state index is -4.40. The number of fused-ring (bicyclic) bond motifs is 3. The Bertz CT molecular complexity index is 1050. The van der Waals surface area contributed by atoms with Gasteiger partial charge in [0.05, 0.1) is 16.6 Å². The highest BCUT2D eigenvalue weighted by molar-refractivity contribution is 6.07. The topological polar surface area (TPSA) is 38.1 Å². The molecule has 0 amide bonds. The van der Waals surface area contributed by atoms with Crippen molar-refractivity contribution >= 4 is 21.7 Å². The largest absolute Gasteiger partial charge is 0.493 e. The van der Waals surface area contributed by atoms with Gasteiger partial charge in [0.1, 0.15) is 5.52 Å². The molecule has 0 saturated carbocycles. The molecule has 0 aliphatic carbocycles. The fraction of sp³-hybridized carbons (Fsp3) is 0.0556. The van der Waals surface area contributed by atoms with Crippen LogP contribution in [0.2, 0.25) is 0 Å². The normalized spacial score (nSPS) is 12.1. The molecule has 3 nitrogen and oxygen atoms in total. The van der Waals surface area contributed by atoms with Crippen LogP contribution in [0.4, 0.5) is 13.2 Å². The monoisotopic (exact) mass is 328 g/mol. The number of aromatic hydroxyl groups is 1. The Labute approximate surface area is 134 Å². The first-order valence-corrected chi connectivity index (χ1v) is 7.22. The molecule has 0 bridgehead atoms. The summed E-state index contributed by atoms with van der Waals surface area (Å²) < 4.78 is 39.3. The first-order valence-electron chi connectivity index (χ1n) is 7.22. The lowest BCUT2D eigenvalue weighted by molar-refractivity contribution is -0.137. The molecule has 0 spiro atoms. The molecule has 24 heavy (non-hydrogen) atoms. The highest BCUT2D eigenvalue weighted by Crippen LogP contribution is 2.34. The van der Waals surface area contributed by atoms with Gasteiger partial charge in [-0.3, -0.25) is 0 Å². The number of hydrogen-bond donors (Lipinski definition) is 1. The first kappa shape index (κ1) is 14.6. The Morgan fingerprint density at radius 1 is 0.833 bits per heavy atom. The van der Waals surface area contributed by atoms with Crippen molar-refractivity contribution in [3.63, 3.8) is 0 Å². The highest BCUT2D eigenvalue weighted by Gasteiger charge is 2.30. The smallest absolute Gasteiger partial charge is 0.416 e. The number of benzene rings is 3. The molecule has 1 heterocycles. The maximum absolute atomic E-state index is 12.7. The lowest BCUT2D eigenvalue weighted by atomic mass is 10.1. The van der Waals surface area contributed by atoms with Crippen LogP contribution in [0.25, 0.3) is 27.4 Å². The van der Waals surface area contributed by atoms with Crippen molar-refractivity contribution in [2.24, 2.45) is 0 Å². The molecule has 0 unspecified atom stereocenters. The van der Waals surface area contributed by atoms with E-state index in [1.165, 1.54) is 16.8 Å². The van der Waals surface area contributed by atoms with E-state index >= 15 is 0 Å².